The van der Waals surface area contributed by atoms with Crippen molar-refractivity contribution in [2.75, 3.05) is 0 Å². The maximum absolute atomic E-state index is 12.0. The molecule has 2 rings (SSSR count). The van der Waals surface area contributed by atoms with Crippen LogP contribution in [-0.4, -0.2) is 11.9 Å². The fraction of sp³-hybridized carbons (Fsp3) is 0.562. The van der Waals surface area contributed by atoms with Crippen molar-refractivity contribution in [3.63, 3.8) is 0 Å². The number of carbonyl (C=O) groups excluding carboxylic acids is 1. The molecule has 0 atom stereocenters. The van der Waals surface area contributed by atoms with Crippen molar-refractivity contribution in [3.8, 4) is 0 Å². The van der Waals surface area contributed by atoms with Crippen LogP contribution in [0.4, 0.5) is 0 Å². The molecule has 1 saturated carbocycles. The number of nitrogens with one attached hydrogen (secondary N) is 1. The molecule has 0 aliphatic heterocycles. The Morgan fingerprint density at radius 1 is 1.32 bits per heavy atom. The monoisotopic (exact) mass is 323 g/mol. The Morgan fingerprint density at radius 2 is 2.05 bits per heavy atom. The van der Waals surface area contributed by atoms with Crippen molar-refractivity contribution in [3.05, 3.63) is 33.8 Å². The lowest BCUT2D eigenvalue weighted by molar-refractivity contribution is -0.121. The molecule has 104 valence electrons. The van der Waals surface area contributed by atoms with E-state index >= 15 is 0 Å². The van der Waals surface area contributed by atoms with E-state index in [4.69, 9.17) is 0 Å². The summed E-state index contributed by atoms with van der Waals surface area (Å²) in [4.78, 5) is 12.0. The Bertz CT molecular complexity index is 438. The van der Waals surface area contributed by atoms with E-state index in [-0.39, 0.29) is 5.91 Å². The normalized spacial score (nSPS) is 16.3. The van der Waals surface area contributed by atoms with Gasteiger partial charge in [-0.15, -0.1) is 0 Å². The summed E-state index contributed by atoms with van der Waals surface area (Å²) in [5, 5.41) is 3.17. The number of halogens is 1. The van der Waals surface area contributed by atoms with Crippen molar-refractivity contribution in [2.45, 2.75) is 57.9 Å². The minimum absolute atomic E-state index is 0.200. The van der Waals surface area contributed by atoms with Crippen LogP contribution >= 0.6 is 15.9 Å². The first-order valence-corrected chi connectivity index (χ1v) is 7.99. The van der Waals surface area contributed by atoms with Crippen LogP contribution in [0.15, 0.2) is 22.7 Å². The molecule has 1 amide bonds. The quantitative estimate of drug-likeness (QED) is 0.886. The van der Waals surface area contributed by atoms with Crippen molar-refractivity contribution < 1.29 is 4.79 Å². The van der Waals surface area contributed by atoms with Crippen LogP contribution in [0.5, 0.6) is 0 Å². The molecular weight excluding hydrogens is 302 g/mol. The first kappa shape index (κ1) is 14.6. The highest BCUT2D eigenvalue weighted by atomic mass is 79.9. The van der Waals surface area contributed by atoms with Gasteiger partial charge in [0.1, 0.15) is 0 Å². The Kier molecular flexibility index (Phi) is 5.44. The predicted octanol–water partition coefficient (Wildman–Crippen LogP) is 4.14. The maximum atomic E-state index is 12.0. The Labute approximate surface area is 124 Å². The summed E-state index contributed by atoms with van der Waals surface area (Å²) in [6.45, 7) is 2.10. The van der Waals surface area contributed by atoms with E-state index < -0.39 is 0 Å². The topological polar surface area (TPSA) is 29.1 Å². The van der Waals surface area contributed by atoms with Crippen LogP contribution in [0.1, 0.15) is 49.7 Å². The van der Waals surface area contributed by atoms with Gasteiger partial charge in [-0.1, -0.05) is 41.3 Å². The van der Waals surface area contributed by atoms with Crippen molar-refractivity contribution in [2.24, 2.45) is 0 Å². The summed E-state index contributed by atoms with van der Waals surface area (Å²) in [5.41, 5.74) is 2.52. The smallest absolute Gasteiger partial charge is 0.220 e. The fourth-order valence-corrected chi connectivity index (χ4v) is 3.11. The number of carbonyl (C=O) groups is 1. The van der Waals surface area contributed by atoms with Gasteiger partial charge in [0.25, 0.3) is 0 Å². The van der Waals surface area contributed by atoms with Crippen molar-refractivity contribution >= 4 is 21.8 Å². The first-order valence-electron chi connectivity index (χ1n) is 7.19. The third-order valence-electron chi connectivity index (χ3n) is 3.90. The Hall–Kier alpha value is -0.830. The summed E-state index contributed by atoms with van der Waals surface area (Å²) >= 11 is 3.48. The number of rotatable bonds is 4. The predicted molar refractivity (Wildman–Crippen MR) is 82.2 cm³/mol. The van der Waals surface area contributed by atoms with Crippen molar-refractivity contribution in [1.29, 1.82) is 0 Å². The highest BCUT2D eigenvalue weighted by Crippen LogP contribution is 2.19. The van der Waals surface area contributed by atoms with E-state index in [9.17, 15) is 4.79 Å². The van der Waals surface area contributed by atoms with E-state index in [1.807, 2.05) is 6.07 Å². The zero-order chi connectivity index (χ0) is 13.7. The molecule has 1 aliphatic rings. The molecule has 0 bridgehead atoms. The van der Waals surface area contributed by atoms with E-state index in [0.29, 0.717) is 12.5 Å². The van der Waals surface area contributed by atoms with Gasteiger partial charge in [0, 0.05) is 16.9 Å². The summed E-state index contributed by atoms with van der Waals surface area (Å²) in [6.07, 6.45) is 7.57. The second-order valence-corrected chi connectivity index (χ2v) is 6.39. The molecule has 1 N–H and O–H groups in total. The maximum Gasteiger partial charge on any atom is 0.220 e. The summed E-state index contributed by atoms with van der Waals surface area (Å²) in [6, 6.07) is 6.67. The average Bonchev–Trinajstić information content (AvgIpc) is 2.41. The standard InChI is InChI=1S/C16H22BrNO/c1-12-7-9-14(17)11-13(12)8-10-16(19)18-15-5-3-2-4-6-15/h7,9,11,15H,2-6,8,10H2,1H3,(H,18,19). The van der Waals surface area contributed by atoms with Gasteiger partial charge in [0.15, 0.2) is 0 Å². The van der Waals surface area contributed by atoms with E-state index in [1.165, 1.54) is 30.4 Å². The second kappa shape index (κ2) is 7.09. The van der Waals surface area contributed by atoms with Crippen LogP contribution < -0.4 is 5.32 Å². The minimum Gasteiger partial charge on any atom is -0.353 e. The van der Waals surface area contributed by atoms with Gasteiger partial charge in [-0.05, 0) is 49.4 Å². The molecule has 2 nitrogen and oxygen atoms in total. The number of hydrogen-bond donors (Lipinski definition) is 1. The van der Waals surface area contributed by atoms with Crippen LogP contribution in [0, 0.1) is 6.92 Å². The molecule has 1 aromatic rings. The summed E-state index contributed by atoms with van der Waals surface area (Å²) < 4.78 is 1.08. The Morgan fingerprint density at radius 3 is 2.79 bits per heavy atom. The lowest BCUT2D eigenvalue weighted by atomic mass is 9.95. The molecule has 0 aromatic heterocycles. The van der Waals surface area contributed by atoms with Gasteiger partial charge in [-0.25, -0.2) is 0 Å². The minimum atomic E-state index is 0.200. The van der Waals surface area contributed by atoms with Crippen LogP contribution in [0.3, 0.4) is 0 Å². The number of hydrogen-bond acceptors (Lipinski definition) is 1. The second-order valence-electron chi connectivity index (χ2n) is 5.47. The molecule has 0 saturated heterocycles. The largest absolute Gasteiger partial charge is 0.353 e. The molecule has 3 heteroatoms. The molecule has 1 aliphatic carbocycles. The van der Waals surface area contributed by atoms with Gasteiger partial charge >= 0.3 is 0 Å². The average molecular weight is 324 g/mol. The van der Waals surface area contributed by atoms with Crippen molar-refractivity contribution in [1.82, 2.24) is 5.32 Å². The number of aryl methyl sites for hydroxylation is 2. The van der Waals surface area contributed by atoms with Gasteiger partial charge in [0.05, 0.1) is 0 Å². The fourth-order valence-electron chi connectivity index (χ4n) is 2.70. The molecule has 0 heterocycles. The Balaban J connectivity index is 1.81. The molecule has 0 unspecified atom stereocenters. The number of benzene rings is 1. The van der Waals surface area contributed by atoms with E-state index in [0.717, 1.165) is 23.7 Å². The highest BCUT2D eigenvalue weighted by Gasteiger charge is 2.15. The molecule has 1 fully saturated rings. The van der Waals surface area contributed by atoms with Gasteiger partial charge in [0.2, 0.25) is 5.91 Å². The molecular formula is C16H22BrNO. The SMILES string of the molecule is Cc1ccc(Br)cc1CCC(=O)NC1CCCCC1. The third-order valence-corrected chi connectivity index (χ3v) is 4.40. The highest BCUT2D eigenvalue weighted by molar-refractivity contribution is 9.10. The summed E-state index contributed by atoms with van der Waals surface area (Å²) in [5.74, 6) is 0.200. The molecule has 0 radical (unpaired) electrons. The first-order chi connectivity index (χ1) is 9.15. The van der Waals surface area contributed by atoms with Crippen LogP contribution in [0.2, 0.25) is 0 Å². The van der Waals surface area contributed by atoms with Crippen LogP contribution in [-0.2, 0) is 11.2 Å². The van der Waals surface area contributed by atoms with E-state index in [1.54, 1.807) is 0 Å². The van der Waals surface area contributed by atoms with Gasteiger partial charge < -0.3 is 5.32 Å². The number of amides is 1. The third kappa shape index (κ3) is 4.64. The zero-order valence-electron chi connectivity index (χ0n) is 11.5. The molecule has 0 spiro atoms. The van der Waals surface area contributed by atoms with Gasteiger partial charge in [-0.2, -0.15) is 0 Å². The molecule has 19 heavy (non-hydrogen) atoms. The lowest BCUT2D eigenvalue weighted by Gasteiger charge is -2.22. The van der Waals surface area contributed by atoms with Crippen LogP contribution in [0.25, 0.3) is 0 Å². The molecule has 1 aromatic carbocycles. The van der Waals surface area contributed by atoms with Gasteiger partial charge in [-0.3, -0.25) is 4.79 Å². The zero-order valence-corrected chi connectivity index (χ0v) is 13.1. The summed E-state index contributed by atoms with van der Waals surface area (Å²) in [7, 11) is 0. The van der Waals surface area contributed by atoms with E-state index in [2.05, 4.69) is 40.3 Å². The lowest BCUT2D eigenvalue weighted by Crippen LogP contribution is -2.36.